The quantitative estimate of drug-likeness (QED) is 0.781. The summed E-state index contributed by atoms with van der Waals surface area (Å²) in [5, 5.41) is 5.60. The lowest BCUT2D eigenvalue weighted by Gasteiger charge is -2.15. The highest BCUT2D eigenvalue weighted by Gasteiger charge is 2.22. The molecule has 0 radical (unpaired) electrons. The SMILES string of the molecule is O=C(NCCCC(=O)N1Cc2ccccc2C1)NC[C@@H]1CCCO1. The van der Waals surface area contributed by atoms with Gasteiger partial charge in [0.2, 0.25) is 5.91 Å². The van der Waals surface area contributed by atoms with Gasteiger partial charge in [-0.3, -0.25) is 4.79 Å². The zero-order valence-corrected chi connectivity index (χ0v) is 13.9. The molecule has 130 valence electrons. The highest BCUT2D eigenvalue weighted by molar-refractivity contribution is 5.77. The molecule has 6 nitrogen and oxygen atoms in total. The van der Waals surface area contributed by atoms with Gasteiger partial charge in [-0.1, -0.05) is 24.3 Å². The van der Waals surface area contributed by atoms with Crippen LogP contribution in [0.25, 0.3) is 0 Å². The number of nitrogens with one attached hydrogen (secondary N) is 2. The van der Waals surface area contributed by atoms with E-state index in [1.165, 1.54) is 11.1 Å². The van der Waals surface area contributed by atoms with Crippen molar-refractivity contribution in [3.63, 3.8) is 0 Å². The molecule has 1 aromatic rings. The molecule has 2 aliphatic heterocycles. The van der Waals surface area contributed by atoms with Crippen LogP contribution in [0.15, 0.2) is 24.3 Å². The Bertz CT molecular complexity index is 560. The summed E-state index contributed by atoms with van der Waals surface area (Å²) in [5.41, 5.74) is 2.47. The van der Waals surface area contributed by atoms with Gasteiger partial charge in [-0.15, -0.1) is 0 Å². The van der Waals surface area contributed by atoms with Crippen LogP contribution < -0.4 is 10.6 Å². The predicted molar refractivity (Wildman–Crippen MR) is 90.3 cm³/mol. The van der Waals surface area contributed by atoms with Crippen LogP contribution in [0.1, 0.15) is 36.8 Å². The van der Waals surface area contributed by atoms with Gasteiger partial charge < -0.3 is 20.3 Å². The van der Waals surface area contributed by atoms with Crippen LogP contribution in [0.2, 0.25) is 0 Å². The van der Waals surface area contributed by atoms with Gasteiger partial charge in [0.1, 0.15) is 0 Å². The number of amides is 3. The van der Waals surface area contributed by atoms with Crippen molar-refractivity contribution in [1.29, 1.82) is 0 Å². The lowest BCUT2D eigenvalue weighted by atomic mass is 10.1. The van der Waals surface area contributed by atoms with Crippen molar-refractivity contribution >= 4 is 11.9 Å². The predicted octanol–water partition coefficient (Wildman–Crippen LogP) is 1.79. The van der Waals surface area contributed by atoms with Crippen LogP contribution in [0, 0.1) is 0 Å². The summed E-state index contributed by atoms with van der Waals surface area (Å²) in [6.07, 6.45) is 3.33. The number of carbonyl (C=O) groups excluding carboxylic acids is 2. The molecule has 1 saturated heterocycles. The van der Waals surface area contributed by atoms with Crippen molar-refractivity contribution in [3.8, 4) is 0 Å². The lowest BCUT2D eigenvalue weighted by molar-refractivity contribution is -0.131. The first-order chi connectivity index (χ1) is 11.7. The van der Waals surface area contributed by atoms with E-state index in [1.807, 2.05) is 17.0 Å². The molecule has 0 saturated carbocycles. The maximum Gasteiger partial charge on any atom is 0.314 e. The number of fused-ring (bicyclic) bond motifs is 1. The minimum Gasteiger partial charge on any atom is -0.376 e. The Morgan fingerprint density at radius 1 is 1.17 bits per heavy atom. The van der Waals surface area contributed by atoms with Crippen LogP contribution in [-0.2, 0) is 22.6 Å². The largest absolute Gasteiger partial charge is 0.376 e. The van der Waals surface area contributed by atoms with Crippen molar-refractivity contribution < 1.29 is 14.3 Å². The van der Waals surface area contributed by atoms with E-state index >= 15 is 0 Å². The van der Waals surface area contributed by atoms with E-state index in [2.05, 4.69) is 22.8 Å². The van der Waals surface area contributed by atoms with E-state index in [4.69, 9.17) is 4.74 Å². The molecule has 2 heterocycles. The first kappa shape index (κ1) is 16.8. The van der Waals surface area contributed by atoms with E-state index in [0.29, 0.717) is 39.0 Å². The first-order valence-corrected chi connectivity index (χ1v) is 8.70. The van der Waals surface area contributed by atoms with Gasteiger partial charge in [0, 0.05) is 39.2 Å². The molecule has 6 heteroatoms. The molecule has 24 heavy (non-hydrogen) atoms. The fraction of sp³-hybridized carbons (Fsp3) is 0.556. The average molecular weight is 331 g/mol. The molecule has 1 aromatic carbocycles. The highest BCUT2D eigenvalue weighted by Crippen LogP contribution is 2.22. The highest BCUT2D eigenvalue weighted by atomic mass is 16.5. The number of rotatable bonds is 6. The van der Waals surface area contributed by atoms with Gasteiger partial charge in [-0.25, -0.2) is 4.79 Å². The van der Waals surface area contributed by atoms with Crippen molar-refractivity contribution in [2.75, 3.05) is 19.7 Å². The Labute approximate surface area is 142 Å². The van der Waals surface area contributed by atoms with E-state index in [9.17, 15) is 9.59 Å². The number of benzene rings is 1. The van der Waals surface area contributed by atoms with Gasteiger partial charge >= 0.3 is 6.03 Å². The third kappa shape index (κ3) is 4.47. The normalized spacial score (nSPS) is 19.2. The van der Waals surface area contributed by atoms with E-state index in [1.54, 1.807) is 0 Å². The first-order valence-electron chi connectivity index (χ1n) is 8.70. The fourth-order valence-electron chi connectivity index (χ4n) is 3.18. The van der Waals surface area contributed by atoms with Gasteiger partial charge in [0.05, 0.1) is 6.10 Å². The molecular formula is C18H25N3O3. The molecule has 3 amide bonds. The van der Waals surface area contributed by atoms with Gasteiger partial charge in [0.15, 0.2) is 0 Å². The second-order valence-corrected chi connectivity index (χ2v) is 6.39. The summed E-state index contributed by atoms with van der Waals surface area (Å²) in [4.78, 5) is 25.8. The number of hydrogen-bond donors (Lipinski definition) is 2. The van der Waals surface area contributed by atoms with Gasteiger partial charge in [-0.2, -0.15) is 0 Å². The molecule has 0 aromatic heterocycles. The fourth-order valence-corrected chi connectivity index (χ4v) is 3.18. The van der Waals surface area contributed by atoms with E-state index < -0.39 is 0 Å². The van der Waals surface area contributed by atoms with Crippen molar-refractivity contribution in [3.05, 3.63) is 35.4 Å². The standard InChI is InChI=1S/C18H25N3O3/c22-17(21-12-14-5-1-2-6-15(14)13-21)8-3-9-19-18(23)20-11-16-7-4-10-24-16/h1-2,5-6,16H,3-4,7-13H2,(H2,19,20,23)/t16-/m0/s1. The summed E-state index contributed by atoms with van der Waals surface area (Å²) < 4.78 is 5.45. The van der Waals surface area contributed by atoms with Crippen LogP contribution >= 0.6 is 0 Å². The summed E-state index contributed by atoms with van der Waals surface area (Å²) in [6.45, 7) is 3.24. The minimum atomic E-state index is -0.188. The van der Waals surface area contributed by atoms with Gasteiger partial charge in [0.25, 0.3) is 0 Å². The third-order valence-electron chi connectivity index (χ3n) is 4.56. The molecule has 2 aliphatic rings. The zero-order valence-electron chi connectivity index (χ0n) is 13.9. The average Bonchev–Trinajstić information content (AvgIpc) is 3.25. The number of carbonyl (C=O) groups is 2. The molecule has 0 spiro atoms. The second kappa shape index (κ2) is 8.15. The zero-order chi connectivity index (χ0) is 16.8. The van der Waals surface area contributed by atoms with Gasteiger partial charge in [-0.05, 0) is 30.4 Å². The smallest absolute Gasteiger partial charge is 0.314 e. The van der Waals surface area contributed by atoms with Crippen molar-refractivity contribution in [2.45, 2.75) is 44.9 Å². The number of urea groups is 1. The minimum absolute atomic E-state index is 0.146. The monoisotopic (exact) mass is 331 g/mol. The maximum atomic E-state index is 12.2. The molecule has 0 aliphatic carbocycles. The molecule has 1 atom stereocenters. The Morgan fingerprint density at radius 3 is 2.58 bits per heavy atom. The van der Waals surface area contributed by atoms with Crippen molar-refractivity contribution in [2.24, 2.45) is 0 Å². The number of hydrogen-bond acceptors (Lipinski definition) is 3. The Hall–Kier alpha value is -2.08. The number of ether oxygens (including phenoxy) is 1. The lowest BCUT2D eigenvalue weighted by Crippen LogP contribution is -2.40. The van der Waals surface area contributed by atoms with E-state index in [-0.39, 0.29) is 18.0 Å². The molecule has 0 unspecified atom stereocenters. The molecule has 0 bridgehead atoms. The second-order valence-electron chi connectivity index (χ2n) is 6.39. The topological polar surface area (TPSA) is 70.7 Å². The maximum absolute atomic E-state index is 12.2. The molecule has 2 N–H and O–H groups in total. The summed E-state index contributed by atoms with van der Waals surface area (Å²) >= 11 is 0. The van der Waals surface area contributed by atoms with Crippen LogP contribution in [0.3, 0.4) is 0 Å². The third-order valence-corrected chi connectivity index (χ3v) is 4.56. The Kier molecular flexibility index (Phi) is 5.69. The van der Waals surface area contributed by atoms with Crippen LogP contribution in [0.5, 0.6) is 0 Å². The Morgan fingerprint density at radius 2 is 1.92 bits per heavy atom. The van der Waals surface area contributed by atoms with Crippen molar-refractivity contribution in [1.82, 2.24) is 15.5 Å². The summed E-state index contributed by atoms with van der Waals surface area (Å²) in [7, 11) is 0. The molecule has 3 rings (SSSR count). The molecular weight excluding hydrogens is 306 g/mol. The van der Waals surface area contributed by atoms with Crippen LogP contribution in [0.4, 0.5) is 4.79 Å². The van der Waals surface area contributed by atoms with E-state index in [0.717, 1.165) is 19.4 Å². The summed E-state index contributed by atoms with van der Waals surface area (Å²) in [6, 6.07) is 7.97. The Balaban J connectivity index is 1.28. The van der Waals surface area contributed by atoms with Crippen LogP contribution in [-0.4, -0.2) is 42.6 Å². The number of nitrogens with zero attached hydrogens (tertiary/aromatic N) is 1. The summed E-state index contributed by atoms with van der Waals surface area (Å²) in [5.74, 6) is 0.146. The molecule has 1 fully saturated rings.